The van der Waals surface area contributed by atoms with E-state index in [9.17, 15) is 9.90 Å². The minimum atomic E-state index is -0.830. The van der Waals surface area contributed by atoms with Gasteiger partial charge in [0.05, 0.1) is 11.0 Å². The average molecular weight is 186 g/mol. The van der Waals surface area contributed by atoms with Gasteiger partial charge in [-0.2, -0.15) is 0 Å². The third-order valence-electron chi connectivity index (χ3n) is 2.26. The number of aliphatic hydroxyl groups is 1. The molecule has 4 heteroatoms. The standard InChI is InChI=1S/C9H18N2O2/c1-8(2,13)4-11-7(12)9(3)5-10-6-9/h10,13H,4-6H2,1-3H3,(H,11,12). The van der Waals surface area contributed by atoms with Crippen molar-refractivity contribution in [3.05, 3.63) is 0 Å². The monoisotopic (exact) mass is 186 g/mol. The highest BCUT2D eigenvalue weighted by molar-refractivity contribution is 5.83. The van der Waals surface area contributed by atoms with Crippen LogP contribution in [0.25, 0.3) is 0 Å². The van der Waals surface area contributed by atoms with E-state index in [0.29, 0.717) is 6.54 Å². The molecule has 1 rings (SSSR count). The van der Waals surface area contributed by atoms with Crippen LogP contribution in [0.4, 0.5) is 0 Å². The van der Waals surface area contributed by atoms with E-state index in [1.807, 2.05) is 6.92 Å². The van der Waals surface area contributed by atoms with Crippen molar-refractivity contribution < 1.29 is 9.90 Å². The van der Waals surface area contributed by atoms with E-state index in [4.69, 9.17) is 0 Å². The lowest BCUT2D eigenvalue weighted by atomic mass is 9.83. The van der Waals surface area contributed by atoms with Gasteiger partial charge in [0.25, 0.3) is 0 Å². The molecular weight excluding hydrogens is 168 g/mol. The van der Waals surface area contributed by atoms with Crippen LogP contribution in [0.2, 0.25) is 0 Å². The summed E-state index contributed by atoms with van der Waals surface area (Å²) in [5.74, 6) is 0.0216. The lowest BCUT2D eigenvalue weighted by Gasteiger charge is -2.38. The van der Waals surface area contributed by atoms with Crippen LogP contribution < -0.4 is 10.6 Å². The first-order valence-corrected chi connectivity index (χ1v) is 4.55. The second-order valence-corrected chi connectivity index (χ2v) is 4.66. The van der Waals surface area contributed by atoms with E-state index < -0.39 is 5.60 Å². The maximum atomic E-state index is 11.5. The van der Waals surface area contributed by atoms with E-state index in [-0.39, 0.29) is 11.3 Å². The van der Waals surface area contributed by atoms with Gasteiger partial charge in [0.2, 0.25) is 5.91 Å². The molecule has 1 saturated heterocycles. The molecule has 0 aromatic heterocycles. The zero-order valence-electron chi connectivity index (χ0n) is 8.48. The number of hydrogen-bond acceptors (Lipinski definition) is 3. The highest BCUT2D eigenvalue weighted by Crippen LogP contribution is 2.21. The average Bonchev–Trinajstić information content (AvgIpc) is 1.94. The minimum Gasteiger partial charge on any atom is -0.389 e. The van der Waals surface area contributed by atoms with Gasteiger partial charge < -0.3 is 15.7 Å². The quantitative estimate of drug-likeness (QED) is 0.556. The summed E-state index contributed by atoms with van der Waals surface area (Å²) in [5.41, 5.74) is -1.10. The van der Waals surface area contributed by atoms with Crippen LogP contribution in [0.3, 0.4) is 0 Å². The van der Waals surface area contributed by atoms with Crippen molar-refractivity contribution >= 4 is 5.91 Å². The molecule has 0 radical (unpaired) electrons. The topological polar surface area (TPSA) is 61.4 Å². The van der Waals surface area contributed by atoms with E-state index >= 15 is 0 Å². The molecule has 0 saturated carbocycles. The van der Waals surface area contributed by atoms with Gasteiger partial charge in [0.1, 0.15) is 0 Å². The summed E-state index contributed by atoms with van der Waals surface area (Å²) in [4.78, 5) is 11.5. The molecule has 1 amide bonds. The third kappa shape index (κ3) is 2.67. The van der Waals surface area contributed by atoms with Gasteiger partial charge in [0.15, 0.2) is 0 Å². The maximum absolute atomic E-state index is 11.5. The van der Waals surface area contributed by atoms with Crippen LogP contribution in [0, 0.1) is 5.41 Å². The van der Waals surface area contributed by atoms with Crippen LogP contribution in [-0.2, 0) is 4.79 Å². The number of rotatable bonds is 3. The van der Waals surface area contributed by atoms with Crippen molar-refractivity contribution in [2.45, 2.75) is 26.4 Å². The Hall–Kier alpha value is -0.610. The van der Waals surface area contributed by atoms with Crippen molar-refractivity contribution in [1.29, 1.82) is 0 Å². The largest absolute Gasteiger partial charge is 0.389 e. The fraction of sp³-hybridized carbons (Fsp3) is 0.889. The van der Waals surface area contributed by atoms with Crippen LogP contribution in [-0.4, -0.2) is 36.2 Å². The maximum Gasteiger partial charge on any atom is 0.228 e. The SMILES string of the molecule is CC(C)(O)CNC(=O)C1(C)CNC1. The summed E-state index contributed by atoms with van der Waals surface area (Å²) in [6, 6.07) is 0. The predicted octanol–water partition coefficient (Wildman–Crippen LogP) is -0.517. The van der Waals surface area contributed by atoms with Crippen LogP contribution in [0.1, 0.15) is 20.8 Å². The number of nitrogens with one attached hydrogen (secondary N) is 2. The van der Waals surface area contributed by atoms with Crippen molar-refractivity contribution in [3.8, 4) is 0 Å². The molecular formula is C9H18N2O2. The molecule has 0 spiro atoms. The first-order chi connectivity index (χ1) is 5.83. The number of carbonyl (C=O) groups is 1. The number of carbonyl (C=O) groups excluding carboxylic acids is 1. The third-order valence-corrected chi connectivity index (χ3v) is 2.26. The molecule has 1 heterocycles. The molecule has 0 aromatic rings. The Bertz CT molecular complexity index is 204. The van der Waals surface area contributed by atoms with Crippen molar-refractivity contribution in [2.75, 3.05) is 19.6 Å². The molecule has 0 atom stereocenters. The van der Waals surface area contributed by atoms with Gasteiger partial charge in [-0.25, -0.2) is 0 Å². The molecule has 0 unspecified atom stereocenters. The van der Waals surface area contributed by atoms with E-state index in [1.165, 1.54) is 0 Å². The highest BCUT2D eigenvalue weighted by Gasteiger charge is 2.39. The Morgan fingerprint density at radius 2 is 2.15 bits per heavy atom. The van der Waals surface area contributed by atoms with Crippen LogP contribution in [0.15, 0.2) is 0 Å². The van der Waals surface area contributed by atoms with Crippen molar-refractivity contribution in [1.82, 2.24) is 10.6 Å². The van der Waals surface area contributed by atoms with Gasteiger partial charge in [0, 0.05) is 19.6 Å². The lowest BCUT2D eigenvalue weighted by Crippen LogP contribution is -2.60. The fourth-order valence-corrected chi connectivity index (χ4v) is 1.17. The first-order valence-electron chi connectivity index (χ1n) is 4.55. The lowest BCUT2D eigenvalue weighted by molar-refractivity contribution is -0.133. The van der Waals surface area contributed by atoms with Crippen LogP contribution in [0.5, 0.6) is 0 Å². The molecule has 4 nitrogen and oxygen atoms in total. The summed E-state index contributed by atoms with van der Waals surface area (Å²) in [6.07, 6.45) is 0. The molecule has 0 aromatic carbocycles. The predicted molar refractivity (Wildman–Crippen MR) is 50.3 cm³/mol. The molecule has 1 aliphatic heterocycles. The fourth-order valence-electron chi connectivity index (χ4n) is 1.17. The van der Waals surface area contributed by atoms with Crippen molar-refractivity contribution in [3.63, 3.8) is 0 Å². The van der Waals surface area contributed by atoms with Gasteiger partial charge in [-0.15, -0.1) is 0 Å². The molecule has 1 aliphatic rings. The second kappa shape index (κ2) is 3.27. The molecule has 0 aliphatic carbocycles. The number of amides is 1. The summed E-state index contributed by atoms with van der Waals surface area (Å²) in [5, 5.41) is 15.2. The molecule has 3 N–H and O–H groups in total. The summed E-state index contributed by atoms with van der Waals surface area (Å²) >= 11 is 0. The van der Waals surface area contributed by atoms with Gasteiger partial charge in [-0.05, 0) is 20.8 Å². The first kappa shape index (κ1) is 10.5. The van der Waals surface area contributed by atoms with Gasteiger partial charge in [-0.1, -0.05) is 0 Å². The molecule has 0 bridgehead atoms. The van der Waals surface area contributed by atoms with E-state index in [2.05, 4.69) is 10.6 Å². The Labute approximate surface area is 78.7 Å². The Kier molecular flexibility index (Phi) is 2.63. The Morgan fingerprint density at radius 3 is 2.46 bits per heavy atom. The van der Waals surface area contributed by atoms with Gasteiger partial charge in [-0.3, -0.25) is 4.79 Å². The summed E-state index contributed by atoms with van der Waals surface area (Å²) in [6.45, 7) is 7.03. The normalized spacial score (nSPS) is 20.6. The molecule has 1 fully saturated rings. The zero-order chi connectivity index (χ0) is 10.1. The minimum absolute atomic E-state index is 0.0216. The van der Waals surface area contributed by atoms with Crippen molar-refractivity contribution in [2.24, 2.45) is 5.41 Å². The smallest absolute Gasteiger partial charge is 0.228 e. The van der Waals surface area contributed by atoms with Crippen LogP contribution >= 0.6 is 0 Å². The Balaban J connectivity index is 2.34. The highest BCUT2D eigenvalue weighted by atomic mass is 16.3. The summed E-state index contributed by atoms with van der Waals surface area (Å²) in [7, 11) is 0. The summed E-state index contributed by atoms with van der Waals surface area (Å²) < 4.78 is 0. The second-order valence-electron chi connectivity index (χ2n) is 4.66. The van der Waals surface area contributed by atoms with E-state index in [1.54, 1.807) is 13.8 Å². The molecule has 13 heavy (non-hydrogen) atoms. The van der Waals surface area contributed by atoms with E-state index in [0.717, 1.165) is 13.1 Å². The number of hydrogen-bond donors (Lipinski definition) is 3. The molecule has 76 valence electrons. The Morgan fingerprint density at radius 1 is 1.62 bits per heavy atom. The zero-order valence-corrected chi connectivity index (χ0v) is 8.48. The van der Waals surface area contributed by atoms with Gasteiger partial charge >= 0.3 is 0 Å².